The van der Waals surface area contributed by atoms with Crippen LogP contribution in [0.15, 0.2) is 18.2 Å². The number of benzene rings is 1. The quantitative estimate of drug-likeness (QED) is 0.944. The van der Waals surface area contributed by atoms with Crippen LogP contribution in [0.3, 0.4) is 0 Å². The summed E-state index contributed by atoms with van der Waals surface area (Å²) in [6.07, 6.45) is 0.904. The molecular formula is C15H17ClN2O2. The Hall–Kier alpha value is -1.68. The lowest BCUT2D eigenvalue weighted by atomic mass is 10.2. The van der Waals surface area contributed by atoms with Gasteiger partial charge in [0.15, 0.2) is 0 Å². The van der Waals surface area contributed by atoms with Gasteiger partial charge in [-0.25, -0.2) is 0 Å². The number of rotatable bonds is 3. The van der Waals surface area contributed by atoms with Gasteiger partial charge in [-0.1, -0.05) is 18.5 Å². The highest BCUT2D eigenvalue weighted by Gasteiger charge is 2.23. The van der Waals surface area contributed by atoms with Crippen molar-refractivity contribution < 1.29 is 9.53 Å². The molecule has 3 rings (SSSR count). The lowest BCUT2D eigenvalue weighted by Gasteiger charge is -2.19. The van der Waals surface area contributed by atoms with Crippen molar-refractivity contribution in [3.63, 3.8) is 0 Å². The first-order valence-corrected chi connectivity index (χ1v) is 7.25. The van der Waals surface area contributed by atoms with E-state index in [-0.39, 0.29) is 11.9 Å². The van der Waals surface area contributed by atoms with Crippen molar-refractivity contribution in [2.24, 2.45) is 0 Å². The number of aromatic nitrogens is 1. The smallest absolute Gasteiger partial charge is 0.268 e. The van der Waals surface area contributed by atoms with Crippen molar-refractivity contribution in [1.29, 1.82) is 0 Å². The van der Waals surface area contributed by atoms with Gasteiger partial charge in [0, 0.05) is 11.4 Å². The van der Waals surface area contributed by atoms with Gasteiger partial charge < -0.3 is 14.6 Å². The molecule has 5 heteroatoms. The molecule has 0 saturated carbocycles. The third kappa shape index (κ3) is 2.04. The minimum absolute atomic E-state index is 0.0560. The van der Waals surface area contributed by atoms with Gasteiger partial charge in [-0.15, -0.1) is 0 Å². The molecule has 0 saturated heterocycles. The van der Waals surface area contributed by atoms with Crippen molar-refractivity contribution in [3.8, 4) is 5.75 Å². The predicted molar refractivity (Wildman–Crippen MR) is 79.7 cm³/mol. The van der Waals surface area contributed by atoms with Crippen molar-refractivity contribution >= 4 is 28.4 Å². The van der Waals surface area contributed by atoms with E-state index in [0.717, 1.165) is 23.1 Å². The lowest BCUT2D eigenvalue weighted by molar-refractivity contribution is 0.0928. The molecule has 1 N–H and O–H groups in total. The van der Waals surface area contributed by atoms with Gasteiger partial charge >= 0.3 is 0 Å². The first-order valence-electron chi connectivity index (χ1n) is 6.87. The second kappa shape index (κ2) is 5.02. The number of carbonyl (C=O) groups excluding carboxylic acids is 1. The molecule has 4 nitrogen and oxygen atoms in total. The number of hydrogen-bond donors (Lipinski definition) is 1. The number of halogens is 1. The summed E-state index contributed by atoms with van der Waals surface area (Å²) >= 11 is 6.23. The summed E-state index contributed by atoms with van der Waals surface area (Å²) < 4.78 is 7.63. The number of hydrogen-bond acceptors (Lipinski definition) is 2. The van der Waals surface area contributed by atoms with E-state index >= 15 is 0 Å². The number of nitrogens with zero attached hydrogens (tertiary/aromatic N) is 1. The van der Waals surface area contributed by atoms with E-state index in [0.29, 0.717) is 23.9 Å². The SMILES string of the molecule is CCC(C)NC(=O)c1cc2c(Cl)ccc3c2n1CCO3. The van der Waals surface area contributed by atoms with Gasteiger partial charge in [-0.05, 0) is 31.5 Å². The largest absolute Gasteiger partial charge is 0.490 e. The highest BCUT2D eigenvalue weighted by molar-refractivity contribution is 6.36. The fourth-order valence-corrected chi connectivity index (χ4v) is 2.70. The van der Waals surface area contributed by atoms with Gasteiger partial charge in [0.1, 0.15) is 18.1 Å². The van der Waals surface area contributed by atoms with E-state index in [2.05, 4.69) is 5.32 Å². The van der Waals surface area contributed by atoms with Gasteiger partial charge in [0.05, 0.1) is 17.1 Å². The molecule has 1 unspecified atom stereocenters. The lowest BCUT2D eigenvalue weighted by Crippen LogP contribution is -2.34. The summed E-state index contributed by atoms with van der Waals surface area (Å²) in [6, 6.07) is 5.68. The molecule has 0 radical (unpaired) electrons. The number of ether oxygens (including phenoxy) is 1. The highest BCUT2D eigenvalue weighted by Crippen LogP contribution is 2.36. The summed E-state index contributed by atoms with van der Waals surface area (Å²) in [5, 5.41) is 4.52. The van der Waals surface area contributed by atoms with Crippen molar-refractivity contribution in [2.75, 3.05) is 6.61 Å². The third-order valence-corrected chi connectivity index (χ3v) is 4.09. The number of carbonyl (C=O) groups is 1. The molecule has 2 heterocycles. The predicted octanol–water partition coefficient (Wildman–Crippen LogP) is 3.22. The molecule has 2 aromatic rings. The highest BCUT2D eigenvalue weighted by atomic mass is 35.5. The number of nitrogens with one attached hydrogen (secondary N) is 1. The van der Waals surface area contributed by atoms with E-state index in [1.54, 1.807) is 0 Å². The minimum Gasteiger partial charge on any atom is -0.490 e. The van der Waals surface area contributed by atoms with Gasteiger partial charge in [-0.3, -0.25) is 4.79 Å². The summed E-state index contributed by atoms with van der Waals surface area (Å²) in [5.41, 5.74) is 1.57. The Morgan fingerprint density at radius 1 is 1.55 bits per heavy atom. The second-order valence-corrected chi connectivity index (χ2v) is 5.53. The van der Waals surface area contributed by atoms with Crippen LogP contribution in [-0.2, 0) is 6.54 Å². The zero-order valence-electron chi connectivity index (χ0n) is 11.6. The van der Waals surface area contributed by atoms with Crippen LogP contribution >= 0.6 is 11.6 Å². The zero-order valence-corrected chi connectivity index (χ0v) is 12.3. The molecule has 1 aliphatic rings. The van der Waals surface area contributed by atoms with Crippen LogP contribution in [0, 0.1) is 0 Å². The summed E-state index contributed by atoms with van der Waals surface area (Å²) in [7, 11) is 0. The van der Waals surface area contributed by atoms with Gasteiger partial charge in [0.2, 0.25) is 0 Å². The molecule has 1 amide bonds. The van der Waals surface area contributed by atoms with Crippen LogP contribution in [0.2, 0.25) is 5.02 Å². The molecule has 1 aliphatic heterocycles. The third-order valence-electron chi connectivity index (χ3n) is 3.76. The maximum absolute atomic E-state index is 12.4. The van der Waals surface area contributed by atoms with Crippen LogP contribution in [0.4, 0.5) is 0 Å². The summed E-state index contributed by atoms with van der Waals surface area (Å²) in [5.74, 6) is 0.734. The minimum atomic E-state index is -0.0560. The average molecular weight is 293 g/mol. The van der Waals surface area contributed by atoms with E-state index < -0.39 is 0 Å². The second-order valence-electron chi connectivity index (χ2n) is 5.12. The van der Waals surface area contributed by atoms with Crippen LogP contribution < -0.4 is 10.1 Å². The normalized spacial score (nSPS) is 14.9. The molecule has 1 aromatic heterocycles. The van der Waals surface area contributed by atoms with Crippen molar-refractivity contribution in [1.82, 2.24) is 9.88 Å². The summed E-state index contributed by atoms with van der Waals surface area (Å²) in [4.78, 5) is 12.4. The van der Waals surface area contributed by atoms with Crippen LogP contribution in [0.25, 0.3) is 10.9 Å². The van der Waals surface area contributed by atoms with E-state index in [9.17, 15) is 4.79 Å². The standard InChI is InChI=1S/C15H17ClN2O2/c1-3-9(2)17-15(19)12-8-10-11(16)4-5-13-14(10)18(12)6-7-20-13/h4-5,8-9H,3,6-7H2,1-2H3,(H,17,19). The fourth-order valence-electron chi connectivity index (χ4n) is 2.50. The monoisotopic (exact) mass is 292 g/mol. The average Bonchev–Trinajstić information content (AvgIpc) is 2.84. The first-order chi connectivity index (χ1) is 9.61. The van der Waals surface area contributed by atoms with E-state index in [1.807, 2.05) is 36.6 Å². The topological polar surface area (TPSA) is 43.3 Å². The molecule has 1 atom stereocenters. The maximum atomic E-state index is 12.4. The maximum Gasteiger partial charge on any atom is 0.268 e. The van der Waals surface area contributed by atoms with E-state index in [1.165, 1.54) is 0 Å². The van der Waals surface area contributed by atoms with Crippen LogP contribution in [-0.4, -0.2) is 23.1 Å². The number of amides is 1. The van der Waals surface area contributed by atoms with Crippen LogP contribution in [0.1, 0.15) is 30.8 Å². The molecule has 20 heavy (non-hydrogen) atoms. The Kier molecular flexibility index (Phi) is 3.34. The Morgan fingerprint density at radius 3 is 3.10 bits per heavy atom. The molecular weight excluding hydrogens is 276 g/mol. The Balaban J connectivity index is 2.11. The van der Waals surface area contributed by atoms with E-state index in [4.69, 9.17) is 16.3 Å². The molecule has 0 bridgehead atoms. The fraction of sp³-hybridized carbons (Fsp3) is 0.400. The molecule has 106 valence electrons. The Labute approximate surface area is 122 Å². The summed E-state index contributed by atoms with van der Waals surface area (Å²) in [6.45, 7) is 5.28. The van der Waals surface area contributed by atoms with Crippen LogP contribution in [0.5, 0.6) is 5.75 Å². The van der Waals surface area contributed by atoms with Gasteiger partial charge in [0.25, 0.3) is 5.91 Å². The molecule has 0 fully saturated rings. The van der Waals surface area contributed by atoms with Crippen molar-refractivity contribution in [2.45, 2.75) is 32.9 Å². The molecule has 1 aromatic carbocycles. The zero-order chi connectivity index (χ0) is 14.3. The van der Waals surface area contributed by atoms with Gasteiger partial charge in [-0.2, -0.15) is 0 Å². The molecule has 0 aliphatic carbocycles. The first kappa shape index (κ1) is 13.3. The van der Waals surface area contributed by atoms with Crippen molar-refractivity contribution in [3.05, 3.63) is 28.9 Å². The Morgan fingerprint density at radius 2 is 2.35 bits per heavy atom. The molecule has 0 spiro atoms. The Bertz CT molecular complexity index is 678.